The van der Waals surface area contributed by atoms with Crippen LogP contribution in [0.5, 0.6) is 0 Å². The van der Waals surface area contributed by atoms with Gasteiger partial charge in [0, 0.05) is 18.0 Å². The molecule has 1 aromatic rings. The average molecular weight is 254 g/mol. The van der Waals surface area contributed by atoms with Crippen molar-refractivity contribution in [2.75, 3.05) is 33.2 Å². The van der Waals surface area contributed by atoms with E-state index in [0.29, 0.717) is 6.54 Å². The van der Waals surface area contributed by atoms with E-state index >= 15 is 0 Å². The summed E-state index contributed by atoms with van der Waals surface area (Å²) < 4.78 is 0. The van der Waals surface area contributed by atoms with Crippen molar-refractivity contribution in [1.29, 1.82) is 0 Å². The summed E-state index contributed by atoms with van der Waals surface area (Å²) in [6, 6.07) is 3.98. The fourth-order valence-corrected chi connectivity index (χ4v) is 3.16. The second-order valence-electron chi connectivity index (χ2n) is 4.96. The number of piperidine rings is 1. The van der Waals surface area contributed by atoms with E-state index in [-0.39, 0.29) is 6.10 Å². The van der Waals surface area contributed by atoms with E-state index in [1.54, 1.807) is 11.3 Å². The van der Waals surface area contributed by atoms with E-state index < -0.39 is 0 Å². The molecule has 2 atom stereocenters. The molecular formula is C13H22N2OS. The van der Waals surface area contributed by atoms with E-state index in [0.717, 1.165) is 17.3 Å². The van der Waals surface area contributed by atoms with Gasteiger partial charge in [0.25, 0.3) is 0 Å². The van der Waals surface area contributed by atoms with Gasteiger partial charge in [-0.1, -0.05) is 6.07 Å². The summed E-state index contributed by atoms with van der Waals surface area (Å²) in [7, 11) is 2.19. The van der Waals surface area contributed by atoms with E-state index in [4.69, 9.17) is 0 Å². The third-order valence-corrected chi connectivity index (χ3v) is 4.34. The molecule has 17 heavy (non-hydrogen) atoms. The van der Waals surface area contributed by atoms with Crippen molar-refractivity contribution in [3.63, 3.8) is 0 Å². The lowest BCUT2D eigenvalue weighted by Gasteiger charge is -2.30. The molecule has 1 aliphatic rings. The summed E-state index contributed by atoms with van der Waals surface area (Å²) in [4.78, 5) is 3.45. The van der Waals surface area contributed by atoms with Gasteiger partial charge in [-0.05, 0) is 50.3 Å². The zero-order valence-electron chi connectivity index (χ0n) is 10.4. The van der Waals surface area contributed by atoms with Gasteiger partial charge in [-0.15, -0.1) is 11.3 Å². The van der Waals surface area contributed by atoms with Crippen molar-refractivity contribution < 1.29 is 5.11 Å². The van der Waals surface area contributed by atoms with E-state index in [9.17, 15) is 5.11 Å². The molecule has 1 fully saturated rings. The lowest BCUT2D eigenvalue weighted by molar-refractivity contribution is 0.166. The van der Waals surface area contributed by atoms with Crippen LogP contribution in [0.1, 0.15) is 23.8 Å². The molecule has 3 nitrogen and oxygen atoms in total. The van der Waals surface area contributed by atoms with E-state index in [2.05, 4.69) is 17.3 Å². The molecule has 0 aromatic carbocycles. The van der Waals surface area contributed by atoms with Crippen LogP contribution in [0.25, 0.3) is 0 Å². The third kappa shape index (κ3) is 4.07. The molecule has 0 bridgehead atoms. The Morgan fingerprint density at radius 2 is 2.53 bits per heavy atom. The Kier molecular flexibility index (Phi) is 4.98. The molecule has 1 aromatic heterocycles. The van der Waals surface area contributed by atoms with Crippen LogP contribution in [0, 0.1) is 5.92 Å². The minimum absolute atomic E-state index is 0.351. The van der Waals surface area contributed by atoms with Gasteiger partial charge >= 0.3 is 0 Å². The van der Waals surface area contributed by atoms with E-state index in [1.165, 1.54) is 25.9 Å². The molecule has 96 valence electrons. The first-order valence-corrected chi connectivity index (χ1v) is 7.24. The fourth-order valence-electron chi connectivity index (χ4n) is 2.45. The number of nitrogens with one attached hydrogen (secondary N) is 1. The minimum atomic E-state index is -0.351. The molecule has 4 heteroatoms. The smallest absolute Gasteiger partial charge is 0.101 e. The third-order valence-electron chi connectivity index (χ3n) is 3.36. The van der Waals surface area contributed by atoms with Gasteiger partial charge in [0.1, 0.15) is 6.10 Å². The first-order valence-electron chi connectivity index (χ1n) is 6.36. The van der Waals surface area contributed by atoms with Gasteiger partial charge in [-0.2, -0.15) is 0 Å². The zero-order valence-corrected chi connectivity index (χ0v) is 11.2. The first-order chi connectivity index (χ1) is 8.25. The minimum Gasteiger partial charge on any atom is -0.386 e. The lowest BCUT2D eigenvalue weighted by atomic mass is 9.98. The molecule has 1 saturated heterocycles. The summed E-state index contributed by atoms with van der Waals surface area (Å²) in [5, 5.41) is 15.3. The summed E-state index contributed by atoms with van der Waals surface area (Å²) in [6.45, 7) is 4.10. The molecule has 0 radical (unpaired) electrons. The molecule has 2 unspecified atom stereocenters. The molecule has 0 saturated carbocycles. The van der Waals surface area contributed by atoms with Crippen LogP contribution in [0.2, 0.25) is 0 Å². The predicted molar refractivity (Wildman–Crippen MR) is 72.4 cm³/mol. The van der Waals surface area contributed by atoms with Crippen molar-refractivity contribution in [3.05, 3.63) is 22.4 Å². The Bertz CT molecular complexity index is 315. The fraction of sp³-hybridized carbons (Fsp3) is 0.692. The summed E-state index contributed by atoms with van der Waals surface area (Å²) in [5.74, 6) is 0.740. The quantitative estimate of drug-likeness (QED) is 0.840. The first kappa shape index (κ1) is 13.0. The number of hydrogen-bond acceptors (Lipinski definition) is 4. The SMILES string of the molecule is CN1CCCC(CNCC(O)c2cccs2)C1. The second kappa shape index (κ2) is 6.50. The monoisotopic (exact) mass is 254 g/mol. The standard InChI is InChI=1S/C13H22N2OS/c1-15-6-2-4-11(10-15)8-14-9-12(16)13-5-3-7-17-13/h3,5,7,11-12,14,16H,2,4,6,8-10H2,1H3. The van der Waals surface area contributed by atoms with Gasteiger partial charge in [0.2, 0.25) is 0 Å². The zero-order chi connectivity index (χ0) is 12.1. The Morgan fingerprint density at radius 1 is 1.65 bits per heavy atom. The van der Waals surface area contributed by atoms with Gasteiger partial charge < -0.3 is 15.3 Å². The van der Waals surface area contributed by atoms with Crippen molar-refractivity contribution >= 4 is 11.3 Å². The van der Waals surface area contributed by atoms with E-state index in [1.807, 2.05) is 17.5 Å². The molecule has 0 spiro atoms. The topological polar surface area (TPSA) is 35.5 Å². The molecule has 0 amide bonds. The average Bonchev–Trinajstić information content (AvgIpc) is 2.82. The predicted octanol–water partition coefficient (Wildman–Crippen LogP) is 1.71. The maximum atomic E-state index is 9.93. The van der Waals surface area contributed by atoms with Gasteiger partial charge in [0.05, 0.1) is 0 Å². The number of hydrogen-bond donors (Lipinski definition) is 2. The Balaban J connectivity index is 1.65. The Labute approximate surface area is 107 Å². The number of thiophene rings is 1. The molecule has 2 rings (SSSR count). The van der Waals surface area contributed by atoms with Crippen molar-refractivity contribution in [2.45, 2.75) is 18.9 Å². The summed E-state index contributed by atoms with van der Waals surface area (Å²) in [6.07, 6.45) is 2.26. The summed E-state index contributed by atoms with van der Waals surface area (Å²) >= 11 is 1.62. The maximum Gasteiger partial charge on any atom is 0.101 e. The van der Waals surface area contributed by atoms with Crippen LogP contribution in [0.3, 0.4) is 0 Å². The van der Waals surface area contributed by atoms with Crippen LogP contribution >= 0.6 is 11.3 Å². The highest BCUT2D eigenvalue weighted by molar-refractivity contribution is 7.10. The molecule has 1 aliphatic heterocycles. The Morgan fingerprint density at radius 3 is 3.24 bits per heavy atom. The summed E-state index contributed by atoms with van der Waals surface area (Å²) in [5.41, 5.74) is 0. The highest BCUT2D eigenvalue weighted by Gasteiger charge is 2.17. The maximum absolute atomic E-state index is 9.93. The van der Waals surface area contributed by atoms with Crippen molar-refractivity contribution in [2.24, 2.45) is 5.92 Å². The van der Waals surface area contributed by atoms with Crippen molar-refractivity contribution in [3.8, 4) is 0 Å². The number of aliphatic hydroxyl groups excluding tert-OH is 1. The normalized spacial score (nSPS) is 23.8. The molecule has 2 N–H and O–H groups in total. The van der Waals surface area contributed by atoms with Gasteiger partial charge in [-0.25, -0.2) is 0 Å². The van der Waals surface area contributed by atoms with Crippen LogP contribution in [0.4, 0.5) is 0 Å². The molecule has 2 heterocycles. The van der Waals surface area contributed by atoms with Gasteiger partial charge in [0.15, 0.2) is 0 Å². The highest BCUT2D eigenvalue weighted by atomic mass is 32.1. The van der Waals surface area contributed by atoms with Crippen LogP contribution in [0.15, 0.2) is 17.5 Å². The number of rotatable bonds is 5. The van der Waals surface area contributed by atoms with Crippen LogP contribution in [-0.4, -0.2) is 43.2 Å². The largest absolute Gasteiger partial charge is 0.386 e. The molecule has 0 aliphatic carbocycles. The lowest BCUT2D eigenvalue weighted by Crippen LogP contribution is -2.38. The number of likely N-dealkylation sites (tertiary alicyclic amines) is 1. The van der Waals surface area contributed by atoms with Crippen molar-refractivity contribution in [1.82, 2.24) is 10.2 Å². The second-order valence-corrected chi connectivity index (χ2v) is 5.94. The number of nitrogens with zero attached hydrogens (tertiary/aromatic N) is 1. The van der Waals surface area contributed by atoms with Gasteiger partial charge in [-0.3, -0.25) is 0 Å². The van der Waals surface area contributed by atoms with Crippen LogP contribution in [-0.2, 0) is 0 Å². The highest BCUT2D eigenvalue weighted by Crippen LogP contribution is 2.18. The number of aliphatic hydroxyl groups is 1. The van der Waals surface area contributed by atoms with Crippen LogP contribution < -0.4 is 5.32 Å². The Hall–Kier alpha value is -0.420. The molecular weight excluding hydrogens is 232 g/mol.